The molecule has 1 aromatic carbocycles. The van der Waals surface area contributed by atoms with E-state index in [1.165, 1.54) is 13.2 Å². The van der Waals surface area contributed by atoms with Gasteiger partial charge < -0.3 is 14.6 Å². The van der Waals surface area contributed by atoms with Crippen LogP contribution in [0.15, 0.2) is 30.3 Å². The van der Waals surface area contributed by atoms with Crippen LogP contribution < -0.4 is 4.74 Å². The molecule has 0 saturated carbocycles. The Bertz CT molecular complexity index is 871. The zero-order chi connectivity index (χ0) is 19.1. The van der Waals surface area contributed by atoms with Gasteiger partial charge in [-0.2, -0.15) is 5.26 Å². The van der Waals surface area contributed by atoms with E-state index in [2.05, 4.69) is 4.98 Å². The van der Waals surface area contributed by atoms with Gasteiger partial charge in [0.15, 0.2) is 11.5 Å². The topological polar surface area (TPSA) is 110 Å². The van der Waals surface area contributed by atoms with Gasteiger partial charge in [0.1, 0.15) is 17.5 Å². The Morgan fingerprint density at radius 3 is 2.65 bits per heavy atom. The number of carbonyl (C=O) groups is 2. The van der Waals surface area contributed by atoms with Gasteiger partial charge in [-0.05, 0) is 25.1 Å². The fourth-order valence-corrected chi connectivity index (χ4v) is 2.38. The number of aromatic hydroxyl groups is 1. The number of methoxy groups -OCH3 is 1. The third-order valence-corrected chi connectivity index (χ3v) is 3.62. The molecule has 2 rings (SSSR count). The highest BCUT2D eigenvalue weighted by Crippen LogP contribution is 2.32. The molecule has 0 aliphatic heterocycles. The number of carbonyl (C=O) groups excluding carboxylic acids is 2. The minimum Gasteiger partial charge on any atom is -0.504 e. The molecule has 1 heterocycles. The Labute approximate surface area is 150 Å². The van der Waals surface area contributed by atoms with Gasteiger partial charge in [0, 0.05) is 12.0 Å². The summed E-state index contributed by atoms with van der Waals surface area (Å²) in [5.74, 6) is -1.05. The first kappa shape index (κ1) is 18.9. The minimum atomic E-state index is -0.552. The number of nitrogens with zero attached hydrogens (tertiary/aromatic N) is 2. The number of para-hydroxylation sites is 1. The summed E-state index contributed by atoms with van der Waals surface area (Å²) >= 11 is 0. The molecule has 26 heavy (non-hydrogen) atoms. The molecular formula is C19H18N2O5. The van der Waals surface area contributed by atoms with Crippen molar-refractivity contribution < 1.29 is 24.2 Å². The van der Waals surface area contributed by atoms with Crippen LogP contribution in [0.4, 0.5) is 0 Å². The van der Waals surface area contributed by atoms with E-state index in [1.54, 1.807) is 31.2 Å². The maximum Gasteiger partial charge on any atom is 0.306 e. The molecule has 7 nitrogen and oxygen atoms in total. The van der Waals surface area contributed by atoms with Crippen LogP contribution in [0.3, 0.4) is 0 Å². The summed E-state index contributed by atoms with van der Waals surface area (Å²) in [7, 11) is 1.50. The fourth-order valence-electron chi connectivity index (χ4n) is 2.38. The zero-order valence-electron chi connectivity index (χ0n) is 14.5. The number of aromatic nitrogens is 1. The van der Waals surface area contributed by atoms with Crippen LogP contribution in [0.5, 0.6) is 11.5 Å². The number of hydrogen-bond acceptors (Lipinski definition) is 7. The monoisotopic (exact) mass is 354 g/mol. The molecule has 0 aliphatic rings. The normalized spacial score (nSPS) is 10.0. The lowest BCUT2D eigenvalue weighted by Gasteiger charge is -2.11. The molecule has 1 N–H and O–H groups in total. The summed E-state index contributed by atoms with van der Waals surface area (Å²) < 4.78 is 10.1. The Morgan fingerprint density at radius 1 is 1.27 bits per heavy atom. The Hall–Kier alpha value is -3.40. The van der Waals surface area contributed by atoms with Crippen molar-refractivity contribution in [1.82, 2.24) is 4.98 Å². The van der Waals surface area contributed by atoms with Gasteiger partial charge in [-0.1, -0.05) is 12.1 Å². The summed E-state index contributed by atoms with van der Waals surface area (Å²) in [6.07, 6.45) is -0.311. The Morgan fingerprint density at radius 2 is 2.00 bits per heavy atom. The van der Waals surface area contributed by atoms with Gasteiger partial charge in [0.25, 0.3) is 0 Å². The fraction of sp³-hybridized carbons (Fsp3) is 0.263. The first-order chi connectivity index (χ1) is 12.5. The van der Waals surface area contributed by atoms with Gasteiger partial charge in [0.2, 0.25) is 0 Å². The summed E-state index contributed by atoms with van der Waals surface area (Å²) in [5.41, 5.74) is 0.553. The third-order valence-electron chi connectivity index (χ3n) is 3.62. The maximum atomic E-state index is 12.4. The SMILES string of the molecule is CCOC(=O)CCC(=O)c1nc(-c2ccccc2OC)cc(C#N)c1O. The van der Waals surface area contributed by atoms with Crippen molar-refractivity contribution in [3.8, 4) is 28.8 Å². The standard InChI is InChI=1S/C19H18N2O5/c1-3-26-17(23)9-8-15(22)18-19(24)12(11-20)10-14(21-18)13-6-4-5-7-16(13)25-2/h4-7,10,24H,3,8-9H2,1-2H3. The average Bonchev–Trinajstić information content (AvgIpc) is 2.66. The van der Waals surface area contributed by atoms with Crippen LogP contribution in [0.2, 0.25) is 0 Å². The van der Waals surface area contributed by atoms with E-state index in [0.29, 0.717) is 17.0 Å². The molecule has 0 amide bonds. The second-order valence-electron chi connectivity index (χ2n) is 5.29. The number of ketones is 1. The highest BCUT2D eigenvalue weighted by molar-refractivity contribution is 5.99. The van der Waals surface area contributed by atoms with E-state index < -0.39 is 17.5 Å². The van der Waals surface area contributed by atoms with Crippen molar-refractivity contribution in [2.45, 2.75) is 19.8 Å². The largest absolute Gasteiger partial charge is 0.504 e. The van der Waals surface area contributed by atoms with Crippen LogP contribution in [-0.4, -0.2) is 35.6 Å². The molecule has 0 saturated heterocycles. The zero-order valence-corrected chi connectivity index (χ0v) is 14.5. The van der Waals surface area contributed by atoms with Crippen molar-refractivity contribution in [1.29, 1.82) is 5.26 Å². The Balaban J connectivity index is 2.42. The van der Waals surface area contributed by atoms with Gasteiger partial charge in [0.05, 0.1) is 31.4 Å². The van der Waals surface area contributed by atoms with Gasteiger partial charge >= 0.3 is 5.97 Å². The van der Waals surface area contributed by atoms with Crippen LogP contribution >= 0.6 is 0 Å². The van der Waals surface area contributed by atoms with Crippen LogP contribution in [0.1, 0.15) is 35.8 Å². The number of nitriles is 1. The quantitative estimate of drug-likeness (QED) is 0.601. The van der Waals surface area contributed by atoms with E-state index in [0.717, 1.165) is 0 Å². The average molecular weight is 354 g/mol. The highest BCUT2D eigenvalue weighted by atomic mass is 16.5. The summed E-state index contributed by atoms with van der Waals surface area (Å²) in [4.78, 5) is 28.0. The first-order valence-electron chi connectivity index (χ1n) is 7.98. The molecule has 2 aromatic rings. The number of rotatable bonds is 7. The summed E-state index contributed by atoms with van der Waals surface area (Å²) in [5, 5.41) is 19.4. The number of hydrogen-bond donors (Lipinski definition) is 1. The lowest BCUT2D eigenvalue weighted by atomic mass is 10.0. The molecule has 7 heteroatoms. The van der Waals surface area contributed by atoms with Gasteiger partial charge in [-0.15, -0.1) is 0 Å². The molecule has 134 valence electrons. The second-order valence-corrected chi connectivity index (χ2v) is 5.29. The van der Waals surface area contributed by atoms with Gasteiger partial charge in [-0.25, -0.2) is 4.98 Å². The predicted molar refractivity (Wildman–Crippen MR) is 92.8 cm³/mol. The smallest absolute Gasteiger partial charge is 0.306 e. The van der Waals surface area contributed by atoms with Crippen LogP contribution in [0.25, 0.3) is 11.3 Å². The molecule has 0 fully saturated rings. The number of ether oxygens (including phenoxy) is 2. The van der Waals surface area contributed by atoms with E-state index in [9.17, 15) is 20.0 Å². The lowest BCUT2D eigenvalue weighted by molar-refractivity contribution is -0.143. The number of pyridine rings is 1. The van der Waals surface area contributed by atoms with Crippen molar-refractivity contribution in [2.75, 3.05) is 13.7 Å². The molecule has 0 radical (unpaired) electrons. The van der Waals surface area contributed by atoms with Crippen LogP contribution in [-0.2, 0) is 9.53 Å². The molecule has 1 aromatic heterocycles. The number of benzene rings is 1. The van der Waals surface area contributed by atoms with Crippen molar-refractivity contribution in [3.05, 3.63) is 41.6 Å². The predicted octanol–water partition coefficient (Wildman–Crippen LogP) is 2.86. The van der Waals surface area contributed by atoms with E-state index in [4.69, 9.17) is 9.47 Å². The van der Waals surface area contributed by atoms with Crippen molar-refractivity contribution >= 4 is 11.8 Å². The van der Waals surface area contributed by atoms with Gasteiger partial charge in [-0.3, -0.25) is 9.59 Å². The lowest BCUT2D eigenvalue weighted by Crippen LogP contribution is -2.10. The Kier molecular flexibility index (Phi) is 6.28. The molecule has 0 atom stereocenters. The second kappa shape index (κ2) is 8.62. The van der Waals surface area contributed by atoms with Crippen LogP contribution in [0, 0.1) is 11.3 Å². The molecule has 0 bridgehead atoms. The summed E-state index contributed by atoms with van der Waals surface area (Å²) in [6, 6.07) is 10.2. The molecule has 0 unspecified atom stereocenters. The highest BCUT2D eigenvalue weighted by Gasteiger charge is 2.21. The summed E-state index contributed by atoms with van der Waals surface area (Å²) in [6.45, 7) is 1.89. The minimum absolute atomic E-state index is 0.0830. The maximum absolute atomic E-state index is 12.4. The number of esters is 1. The number of Topliss-reactive ketones (excluding diaryl/α,β-unsaturated/α-hetero) is 1. The first-order valence-corrected chi connectivity index (χ1v) is 7.98. The third kappa shape index (κ3) is 4.16. The molecule has 0 spiro atoms. The van der Waals surface area contributed by atoms with E-state index in [1.807, 2.05) is 6.07 Å². The molecule has 0 aliphatic carbocycles. The van der Waals surface area contributed by atoms with E-state index in [-0.39, 0.29) is 30.7 Å². The van der Waals surface area contributed by atoms with E-state index >= 15 is 0 Å². The van der Waals surface area contributed by atoms with Crippen molar-refractivity contribution in [3.63, 3.8) is 0 Å². The molecular weight excluding hydrogens is 336 g/mol. The van der Waals surface area contributed by atoms with Crippen molar-refractivity contribution in [2.24, 2.45) is 0 Å².